The molecule has 1 atom stereocenters. The number of allylic oxidation sites excluding steroid dienone is 1. The molecule has 1 unspecified atom stereocenters. The van der Waals surface area contributed by atoms with Crippen LogP contribution in [0.5, 0.6) is 5.75 Å². The van der Waals surface area contributed by atoms with Gasteiger partial charge in [-0.25, -0.2) is 9.79 Å². The highest BCUT2D eigenvalue weighted by Crippen LogP contribution is 2.35. The Balaban J connectivity index is 1.62. The number of para-hydroxylation sites is 1. The minimum absolute atomic E-state index is 0.0197. The zero-order valence-electron chi connectivity index (χ0n) is 21.2. The van der Waals surface area contributed by atoms with E-state index in [0.717, 1.165) is 0 Å². The third-order valence-electron chi connectivity index (χ3n) is 6.21. The number of carbonyl (C=O) groups excluding carboxylic acids is 1. The number of rotatable bonds is 7. The van der Waals surface area contributed by atoms with Gasteiger partial charge in [-0.1, -0.05) is 29.5 Å². The number of esters is 1. The molecule has 0 spiro atoms. The van der Waals surface area contributed by atoms with Crippen LogP contribution in [0.25, 0.3) is 17.4 Å². The lowest BCUT2D eigenvalue weighted by Crippen LogP contribution is -2.40. The number of hydrogen-bond donors (Lipinski definition) is 0. The van der Waals surface area contributed by atoms with Gasteiger partial charge in [-0.15, -0.1) is 0 Å². The SMILES string of the molecule is CCOC(=O)C1=C(C)N=c2s/c(=C/c3ccc(-c4ccc([N+](=O)[O-])cc4)o3)c(=O)n2C1c1ccccc1OC. The summed E-state index contributed by atoms with van der Waals surface area (Å²) in [6, 6.07) is 15.8. The normalized spacial score (nSPS) is 15.1. The maximum Gasteiger partial charge on any atom is 0.338 e. The Labute approximate surface area is 225 Å². The molecular weight excluding hydrogens is 522 g/mol. The molecule has 0 saturated carbocycles. The molecule has 0 radical (unpaired) electrons. The number of methoxy groups -OCH3 is 1. The van der Waals surface area contributed by atoms with E-state index >= 15 is 0 Å². The van der Waals surface area contributed by atoms with E-state index in [2.05, 4.69) is 4.99 Å². The number of nitrogens with zero attached hydrogens (tertiary/aromatic N) is 3. The molecule has 1 aliphatic rings. The van der Waals surface area contributed by atoms with Crippen LogP contribution in [0.2, 0.25) is 0 Å². The van der Waals surface area contributed by atoms with E-state index in [-0.39, 0.29) is 23.4 Å². The lowest BCUT2D eigenvalue weighted by Gasteiger charge is -2.25. The van der Waals surface area contributed by atoms with Crippen molar-refractivity contribution in [3.05, 3.63) is 113 Å². The van der Waals surface area contributed by atoms with Crippen LogP contribution in [-0.2, 0) is 9.53 Å². The van der Waals surface area contributed by atoms with Gasteiger partial charge < -0.3 is 13.9 Å². The summed E-state index contributed by atoms with van der Waals surface area (Å²) in [6.45, 7) is 3.61. The van der Waals surface area contributed by atoms with Crippen molar-refractivity contribution in [2.45, 2.75) is 19.9 Å². The Kier molecular flexibility index (Phi) is 6.99. The monoisotopic (exact) mass is 545 g/mol. The van der Waals surface area contributed by atoms with E-state index in [1.54, 1.807) is 50.3 Å². The minimum Gasteiger partial charge on any atom is -0.496 e. The maximum atomic E-state index is 13.8. The number of thiazole rings is 1. The van der Waals surface area contributed by atoms with Crippen LogP contribution in [-0.4, -0.2) is 29.2 Å². The first-order chi connectivity index (χ1) is 18.8. The van der Waals surface area contributed by atoms with Gasteiger partial charge in [0.25, 0.3) is 11.2 Å². The zero-order chi connectivity index (χ0) is 27.7. The second kappa shape index (κ2) is 10.5. The molecule has 2 aromatic carbocycles. The topological polar surface area (TPSA) is 126 Å². The Morgan fingerprint density at radius 1 is 1.18 bits per heavy atom. The maximum absolute atomic E-state index is 13.8. The van der Waals surface area contributed by atoms with Gasteiger partial charge in [0.1, 0.15) is 23.3 Å². The van der Waals surface area contributed by atoms with E-state index in [4.69, 9.17) is 13.9 Å². The molecular formula is C28H23N3O7S. The van der Waals surface area contributed by atoms with Crippen molar-refractivity contribution in [1.82, 2.24) is 4.57 Å². The van der Waals surface area contributed by atoms with E-state index in [1.165, 1.54) is 35.1 Å². The fourth-order valence-corrected chi connectivity index (χ4v) is 5.47. The van der Waals surface area contributed by atoms with Crippen LogP contribution in [0.4, 0.5) is 5.69 Å². The van der Waals surface area contributed by atoms with Crippen molar-refractivity contribution in [2.75, 3.05) is 13.7 Å². The number of furan rings is 1. The molecule has 2 aromatic heterocycles. The number of benzene rings is 2. The van der Waals surface area contributed by atoms with Crippen LogP contribution >= 0.6 is 11.3 Å². The Hall–Kier alpha value is -4.77. The molecule has 0 bridgehead atoms. The van der Waals surface area contributed by atoms with Gasteiger partial charge in [0.15, 0.2) is 4.80 Å². The lowest BCUT2D eigenvalue weighted by atomic mass is 9.95. The van der Waals surface area contributed by atoms with Gasteiger partial charge in [0.2, 0.25) is 0 Å². The average molecular weight is 546 g/mol. The summed E-state index contributed by atoms with van der Waals surface area (Å²) < 4.78 is 18.7. The number of non-ortho nitro benzene ring substituents is 1. The van der Waals surface area contributed by atoms with E-state index in [9.17, 15) is 19.7 Å². The largest absolute Gasteiger partial charge is 0.496 e. The molecule has 4 aromatic rings. The van der Waals surface area contributed by atoms with Crippen LogP contribution in [0, 0.1) is 10.1 Å². The van der Waals surface area contributed by atoms with Gasteiger partial charge in [-0.05, 0) is 44.2 Å². The summed E-state index contributed by atoms with van der Waals surface area (Å²) in [5.74, 6) is 0.884. The van der Waals surface area contributed by atoms with Crippen LogP contribution < -0.4 is 19.6 Å². The van der Waals surface area contributed by atoms with Crippen molar-refractivity contribution in [3.8, 4) is 17.1 Å². The Morgan fingerprint density at radius 3 is 2.62 bits per heavy atom. The highest BCUT2D eigenvalue weighted by atomic mass is 32.1. The number of carbonyl (C=O) groups is 1. The van der Waals surface area contributed by atoms with Crippen molar-refractivity contribution in [2.24, 2.45) is 4.99 Å². The molecule has 0 fully saturated rings. The molecule has 11 heteroatoms. The molecule has 0 amide bonds. The van der Waals surface area contributed by atoms with E-state index < -0.39 is 16.9 Å². The predicted octanol–water partition coefficient (Wildman–Crippen LogP) is 3.98. The molecule has 0 N–H and O–H groups in total. The lowest BCUT2D eigenvalue weighted by molar-refractivity contribution is -0.384. The molecule has 0 aliphatic carbocycles. The second-order valence-corrected chi connectivity index (χ2v) is 9.56. The molecule has 1 aliphatic heterocycles. The first-order valence-electron chi connectivity index (χ1n) is 12.0. The summed E-state index contributed by atoms with van der Waals surface area (Å²) in [6.07, 6.45) is 1.61. The predicted molar refractivity (Wildman–Crippen MR) is 144 cm³/mol. The highest BCUT2D eigenvalue weighted by molar-refractivity contribution is 7.07. The van der Waals surface area contributed by atoms with Gasteiger partial charge in [0.05, 0.1) is 34.4 Å². The molecule has 0 saturated heterocycles. The molecule has 39 heavy (non-hydrogen) atoms. The number of aromatic nitrogens is 1. The third kappa shape index (κ3) is 4.79. The van der Waals surface area contributed by atoms with Gasteiger partial charge in [0, 0.05) is 29.3 Å². The third-order valence-corrected chi connectivity index (χ3v) is 7.20. The number of nitro groups is 1. The van der Waals surface area contributed by atoms with Crippen molar-refractivity contribution < 1.29 is 23.6 Å². The fraction of sp³-hybridized carbons (Fsp3) is 0.179. The molecule has 3 heterocycles. The van der Waals surface area contributed by atoms with Crippen molar-refractivity contribution in [1.29, 1.82) is 0 Å². The van der Waals surface area contributed by atoms with Crippen LogP contribution in [0.15, 0.2) is 86.1 Å². The van der Waals surface area contributed by atoms with Gasteiger partial charge in [-0.2, -0.15) is 0 Å². The zero-order valence-corrected chi connectivity index (χ0v) is 22.1. The van der Waals surface area contributed by atoms with E-state index in [1.807, 2.05) is 18.2 Å². The summed E-state index contributed by atoms with van der Waals surface area (Å²) in [4.78, 5) is 42.3. The van der Waals surface area contributed by atoms with Gasteiger partial charge in [-0.3, -0.25) is 19.5 Å². The molecule has 198 valence electrons. The first kappa shape index (κ1) is 25.9. The standard InChI is InChI=1S/C28H23N3O7S/c1-4-37-27(33)24-16(2)29-28-30(25(24)20-7-5-6-8-22(20)36-3)26(32)23(39-28)15-19-13-14-21(38-19)17-9-11-18(12-10-17)31(34)35/h5-15,25H,4H2,1-3H3/b23-15+. The highest BCUT2D eigenvalue weighted by Gasteiger charge is 2.35. The van der Waals surface area contributed by atoms with Crippen LogP contribution in [0.3, 0.4) is 0 Å². The number of fused-ring (bicyclic) bond motifs is 1. The smallest absolute Gasteiger partial charge is 0.338 e. The second-order valence-electron chi connectivity index (χ2n) is 8.55. The van der Waals surface area contributed by atoms with Crippen molar-refractivity contribution >= 4 is 29.1 Å². The fourth-order valence-electron chi connectivity index (χ4n) is 4.44. The number of hydrogen-bond acceptors (Lipinski definition) is 9. The van der Waals surface area contributed by atoms with E-state index in [0.29, 0.717) is 43.4 Å². The summed E-state index contributed by atoms with van der Waals surface area (Å²) in [5, 5.41) is 10.9. The van der Waals surface area contributed by atoms with Crippen LogP contribution in [0.1, 0.15) is 31.2 Å². The van der Waals surface area contributed by atoms with Crippen molar-refractivity contribution in [3.63, 3.8) is 0 Å². The molecule has 5 rings (SSSR count). The number of nitro benzene ring substituents is 1. The molecule has 10 nitrogen and oxygen atoms in total. The summed E-state index contributed by atoms with van der Waals surface area (Å²) >= 11 is 1.18. The first-order valence-corrected chi connectivity index (χ1v) is 12.8. The van der Waals surface area contributed by atoms with Gasteiger partial charge >= 0.3 is 5.97 Å². The summed E-state index contributed by atoms with van der Waals surface area (Å²) in [5.41, 5.74) is 1.64. The summed E-state index contributed by atoms with van der Waals surface area (Å²) in [7, 11) is 1.53. The minimum atomic E-state index is -0.800. The number of ether oxygens (including phenoxy) is 2. The average Bonchev–Trinajstić information content (AvgIpc) is 3.52. The Morgan fingerprint density at radius 2 is 1.92 bits per heavy atom. The quantitative estimate of drug-likeness (QED) is 0.195. The Bertz CT molecular complexity index is 1800.